The van der Waals surface area contributed by atoms with Crippen molar-refractivity contribution >= 4 is 26.0 Å². The molecule has 2 rings (SSSR count). The molecule has 0 atom stereocenters. The number of β-amino-alcohol motifs (C(OH)–C–C–N with tert-alkyl or cyclic N) is 1. The molecule has 1 aliphatic rings. The fraction of sp³-hybridized carbons (Fsp3) is 0.400. The lowest BCUT2D eigenvalue weighted by molar-refractivity contribution is -0.0426. The first-order valence-corrected chi connectivity index (χ1v) is 7.03. The van der Waals surface area contributed by atoms with Gasteiger partial charge in [0.2, 0.25) is 10.0 Å². The van der Waals surface area contributed by atoms with Gasteiger partial charge in [-0.3, -0.25) is 0 Å². The quantitative estimate of drug-likeness (QED) is 0.893. The molecule has 1 aromatic carbocycles. The summed E-state index contributed by atoms with van der Waals surface area (Å²) in [4.78, 5) is 0.248. The van der Waals surface area contributed by atoms with E-state index < -0.39 is 15.6 Å². The van der Waals surface area contributed by atoms with Crippen LogP contribution in [0.5, 0.6) is 0 Å². The molecule has 1 aromatic rings. The number of aliphatic hydroxyl groups is 1. The van der Waals surface area contributed by atoms with Gasteiger partial charge in [0.25, 0.3) is 0 Å². The second kappa shape index (κ2) is 3.80. The molecule has 0 saturated carbocycles. The summed E-state index contributed by atoms with van der Waals surface area (Å²) in [7, 11) is -3.45. The van der Waals surface area contributed by atoms with Gasteiger partial charge in [0.05, 0.1) is 10.5 Å². The number of sulfonamides is 1. The van der Waals surface area contributed by atoms with Crippen LogP contribution in [0.4, 0.5) is 0 Å². The van der Waals surface area contributed by atoms with E-state index in [4.69, 9.17) is 0 Å². The van der Waals surface area contributed by atoms with Crippen LogP contribution in [-0.2, 0) is 10.0 Å². The maximum atomic E-state index is 12.0. The molecule has 0 unspecified atom stereocenters. The molecule has 0 aromatic heterocycles. The standard InChI is InChI=1S/C10H12BrNO3S/c1-10(13)6-12(7-10)16(14,15)9-4-2-3-8(11)5-9/h2-5,13H,6-7H2,1H3. The van der Waals surface area contributed by atoms with Crippen LogP contribution in [0.2, 0.25) is 0 Å². The topological polar surface area (TPSA) is 57.6 Å². The maximum absolute atomic E-state index is 12.0. The Bertz CT molecular complexity index is 505. The van der Waals surface area contributed by atoms with Gasteiger partial charge in [0.1, 0.15) is 0 Å². The second-order valence-electron chi connectivity index (χ2n) is 4.23. The smallest absolute Gasteiger partial charge is 0.243 e. The number of hydrogen-bond donors (Lipinski definition) is 1. The molecule has 0 aliphatic carbocycles. The molecule has 88 valence electrons. The molecular formula is C10H12BrNO3S. The predicted octanol–water partition coefficient (Wildman–Crippen LogP) is 1.20. The van der Waals surface area contributed by atoms with Gasteiger partial charge < -0.3 is 5.11 Å². The highest BCUT2D eigenvalue weighted by atomic mass is 79.9. The van der Waals surface area contributed by atoms with Gasteiger partial charge in [-0.2, -0.15) is 4.31 Å². The lowest BCUT2D eigenvalue weighted by Gasteiger charge is -2.42. The molecule has 16 heavy (non-hydrogen) atoms. The summed E-state index contributed by atoms with van der Waals surface area (Å²) in [6.07, 6.45) is 0. The van der Waals surface area contributed by atoms with Gasteiger partial charge in [-0.1, -0.05) is 22.0 Å². The molecule has 6 heteroatoms. The maximum Gasteiger partial charge on any atom is 0.243 e. The average molecular weight is 306 g/mol. The Morgan fingerprint density at radius 3 is 2.56 bits per heavy atom. The normalized spacial score (nSPS) is 20.4. The van der Waals surface area contributed by atoms with E-state index in [0.29, 0.717) is 0 Å². The first-order valence-electron chi connectivity index (χ1n) is 4.79. The molecule has 1 aliphatic heterocycles. The van der Waals surface area contributed by atoms with Crippen LogP contribution in [0, 0.1) is 0 Å². The van der Waals surface area contributed by atoms with Gasteiger partial charge >= 0.3 is 0 Å². The lowest BCUT2D eigenvalue weighted by Crippen LogP contribution is -2.61. The summed E-state index contributed by atoms with van der Waals surface area (Å²) in [5.41, 5.74) is -0.890. The number of benzene rings is 1. The number of hydrogen-bond acceptors (Lipinski definition) is 3. The molecule has 0 amide bonds. The zero-order valence-corrected chi connectivity index (χ0v) is 11.1. The van der Waals surface area contributed by atoms with Crippen molar-refractivity contribution in [2.45, 2.75) is 17.4 Å². The Labute approximate surface area is 103 Å². The van der Waals surface area contributed by atoms with E-state index in [2.05, 4.69) is 15.9 Å². The second-order valence-corrected chi connectivity index (χ2v) is 7.08. The zero-order chi connectivity index (χ0) is 12.0. The third-order valence-corrected chi connectivity index (χ3v) is 4.75. The van der Waals surface area contributed by atoms with Gasteiger partial charge in [-0.25, -0.2) is 8.42 Å². The van der Waals surface area contributed by atoms with Crippen LogP contribution in [0.1, 0.15) is 6.92 Å². The summed E-state index contributed by atoms with van der Waals surface area (Å²) in [5, 5.41) is 9.53. The van der Waals surface area contributed by atoms with Crippen LogP contribution >= 0.6 is 15.9 Å². The molecule has 1 heterocycles. The van der Waals surface area contributed by atoms with Crippen LogP contribution < -0.4 is 0 Å². The summed E-state index contributed by atoms with van der Waals surface area (Å²) in [5.74, 6) is 0. The van der Waals surface area contributed by atoms with Gasteiger partial charge in [0.15, 0.2) is 0 Å². The van der Waals surface area contributed by atoms with Crippen molar-refractivity contribution in [2.75, 3.05) is 13.1 Å². The van der Waals surface area contributed by atoms with Gasteiger partial charge in [0, 0.05) is 17.6 Å². The number of rotatable bonds is 2. The Balaban J connectivity index is 2.28. The Kier molecular flexibility index (Phi) is 2.86. The van der Waals surface area contributed by atoms with E-state index in [1.165, 1.54) is 4.31 Å². The molecule has 1 N–H and O–H groups in total. The Hall–Kier alpha value is -0.430. The fourth-order valence-electron chi connectivity index (χ4n) is 1.66. The van der Waals surface area contributed by atoms with Crippen molar-refractivity contribution < 1.29 is 13.5 Å². The summed E-state index contributed by atoms with van der Waals surface area (Å²) < 4.78 is 26.1. The van der Waals surface area contributed by atoms with Gasteiger partial charge in [-0.05, 0) is 25.1 Å². The first kappa shape index (κ1) is 12.0. The largest absolute Gasteiger partial charge is 0.387 e. The Morgan fingerprint density at radius 1 is 1.44 bits per heavy atom. The first-order chi connectivity index (χ1) is 7.31. The van der Waals surface area contributed by atoms with Crippen molar-refractivity contribution in [2.24, 2.45) is 0 Å². The highest BCUT2D eigenvalue weighted by Crippen LogP contribution is 2.28. The molecular weight excluding hydrogens is 294 g/mol. The minimum atomic E-state index is -3.45. The molecule has 0 spiro atoms. The SMILES string of the molecule is CC1(O)CN(S(=O)(=O)c2cccc(Br)c2)C1. The highest BCUT2D eigenvalue weighted by Gasteiger charge is 2.43. The highest BCUT2D eigenvalue weighted by molar-refractivity contribution is 9.10. The van der Waals surface area contributed by atoms with Crippen LogP contribution in [0.3, 0.4) is 0 Å². The molecule has 1 saturated heterocycles. The minimum Gasteiger partial charge on any atom is -0.387 e. The minimum absolute atomic E-state index is 0.155. The van der Waals surface area contributed by atoms with Crippen LogP contribution in [0.15, 0.2) is 33.6 Å². The van der Waals surface area contributed by atoms with Crippen LogP contribution in [-0.4, -0.2) is 36.5 Å². The lowest BCUT2D eigenvalue weighted by atomic mass is 10.0. The van der Waals surface area contributed by atoms with Crippen molar-refractivity contribution in [1.82, 2.24) is 4.31 Å². The summed E-state index contributed by atoms with van der Waals surface area (Å²) in [6.45, 7) is 1.93. The molecule has 1 fully saturated rings. The van der Waals surface area contributed by atoms with Crippen molar-refractivity contribution in [3.05, 3.63) is 28.7 Å². The Morgan fingerprint density at radius 2 is 2.06 bits per heavy atom. The molecule has 4 nitrogen and oxygen atoms in total. The average Bonchev–Trinajstić information content (AvgIpc) is 2.14. The van der Waals surface area contributed by atoms with E-state index in [-0.39, 0.29) is 18.0 Å². The molecule has 0 radical (unpaired) electrons. The van der Waals surface area contributed by atoms with Crippen molar-refractivity contribution in [3.63, 3.8) is 0 Å². The van der Waals surface area contributed by atoms with E-state index in [9.17, 15) is 13.5 Å². The van der Waals surface area contributed by atoms with Crippen molar-refractivity contribution in [1.29, 1.82) is 0 Å². The fourth-order valence-corrected chi connectivity index (χ4v) is 3.93. The summed E-state index contributed by atoms with van der Waals surface area (Å²) in [6, 6.07) is 6.55. The van der Waals surface area contributed by atoms with E-state index in [1.54, 1.807) is 31.2 Å². The van der Waals surface area contributed by atoms with Crippen molar-refractivity contribution in [3.8, 4) is 0 Å². The van der Waals surface area contributed by atoms with Crippen LogP contribution in [0.25, 0.3) is 0 Å². The monoisotopic (exact) mass is 305 g/mol. The number of nitrogens with zero attached hydrogens (tertiary/aromatic N) is 1. The third kappa shape index (κ3) is 2.15. The van der Waals surface area contributed by atoms with E-state index in [1.807, 2.05) is 0 Å². The zero-order valence-electron chi connectivity index (χ0n) is 8.72. The van der Waals surface area contributed by atoms with Gasteiger partial charge in [-0.15, -0.1) is 0 Å². The molecule has 0 bridgehead atoms. The van der Waals surface area contributed by atoms with E-state index in [0.717, 1.165) is 4.47 Å². The predicted molar refractivity (Wildman–Crippen MR) is 63.5 cm³/mol. The number of halogens is 1. The third-order valence-electron chi connectivity index (χ3n) is 2.47. The van der Waals surface area contributed by atoms with E-state index >= 15 is 0 Å². The summed E-state index contributed by atoms with van der Waals surface area (Å²) >= 11 is 3.23.